The monoisotopic (exact) mass is 592 g/mol. The van der Waals surface area contributed by atoms with Crippen LogP contribution in [0.4, 0.5) is 0 Å². The smallest absolute Gasteiger partial charge is 0.375 e. The van der Waals surface area contributed by atoms with Crippen molar-refractivity contribution >= 4 is 7.82 Å². The molecule has 3 heterocycles. The van der Waals surface area contributed by atoms with E-state index >= 15 is 0 Å². The van der Waals surface area contributed by atoms with Gasteiger partial charge in [-0.2, -0.15) is 0 Å². The fourth-order valence-electron chi connectivity index (χ4n) is 7.68. The van der Waals surface area contributed by atoms with Crippen LogP contribution in [0.2, 0.25) is 0 Å². The fourth-order valence-corrected chi connectivity index (χ4v) is 9.01. The maximum Gasteiger partial charge on any atom is 0.475 e. The summed E-state index contributed by atoms with van der Waals surface area (Å²) in [5.74, 6) is -0.719. The lowest BCUT2D eigenvalue weighted by Crippen LogP contribution is -2.60. The summed E-state index contributed by atoms with van der Waals surface area (Å²) in [6.45, 7) is 7.41. The fraction of sp³-hybridized carbons (Fsp3) is 0.812. The Morgan fingerprint density at radius 2 is 1.51 bits per heavy atom. The molecular formula is C32H49O8P. The zero-order valence-electron chi connectivity index (χ0n) is 25.1. The molecule has 5 aliphatic rings. The van der Waals surface area contributed by atoms with Gasteiger partial charge in [0.15, 0.2) is 5.79 Å². The topological polar surface area (TPSA) is 81.7 Å². The summed E-state index contributed by atoms with van der Waals surface area (Å²) in [5.41, 5.74) is 1.71. The lowest BCUT2D eigenvalue weighted by molar-refractivity contribution is -0.186. The van der Waals surface area contributed by atoms with Crippen LogP contribution in [-0.2, 0) is 50.3 Å². The van der Waals surface area contributed by atoms with Crippen LogP contribution in [0.3, 0.4) is 0 Å². The van der Waals surface area contributed by atoms with Gasteiger partial charge in [0.1, 0.15) is 18.3 Å². The lowest BCUT2D eigenvalue weighted by atomic mass is 9.73. The summed E-state index contributed by atoms with van der Waals surface area (Å²) in [6.07, 6.45) is 10.6. The Morgan fingerprint density at radius 1 is 0.854 bits per heavy atom. The summed E-state index contributed by atoms with van der Waals surface area (Å²) in [5, 5.41) is 0. The van der Waals surface area contributed by atoms with Gasteiger partial charge in [-0.15, -0.1) is 0 Å². The van der Waals surface area contributed by atoms with E-state index in [9.17, 15) is 4.57 Å². The SMILES string of the molecule is CCCCCC1(C)O[C@@H]2[C@@H](O1)[C@H](OCCCC)[C@@H]1CC3(CCCCC3)O[C@@H]1[C@H]2OP1(=O)OCc2ccccc2CO1. The highest BCUT2D eigenvalue weighted by Gasteiger charge is 2.66. The van der Waals surface area contributed by atoms with Crippen molar-refractivity contribution in [2.24, 2.45) is 5.92 Å². The van der Waals surface area contributed by atoms with Gasteiger partial charge in [-0.25, -0.2) is 4.57 Å². The molecule has 1 aromatic carbocycles. The molecule has 3 aliphatic heterocycles. The Kier molecular flexibility index (Phi) is 9.32. The molecule has 41 heavy (non-hydrogen) atoms. The van der Waals surface area contributed by atoms with Gasteiger partial charge in [0.05, 0.1) is 31.0 Å². The van der Waals surface area contributed by atoms with Crippen LogP contribution in [0.5, 0.6) is 0 Å². The van der Waals surface area contributed by atoms with Crippen molar-refractivity contribution in [1.29, 1.82) is 0 Å². The number of unbranched alkanes of at least 4 members (excludes halogenated alkanes) is 3. The van der Waals surface area contributed by atoms with Gasteiger partial charge in [0.25, 0.3) is 0 Å². The number of hydrogen-bond donors (Lipinski definition) is 0. The maximum absolute atomic E-state index is 14.1. The first-order valence-electron chi connectivity index (χ1n) is 16.2. The van der Waals surface area contributed by atoms with E-state index in [2.05, 4.69) is 13.8 Å². The Bertz CT molecular complexity index is 1040. The Morgan fingerprint density at radius 3 is 2.17 bits per heavy atom. The second-order valence-corrected chi connectivity index (χ2v) is 14.6. The summed E-state index contributed by atoms with van der Waals surface area (Å²) in [6, 6.07) is 7.85. The minimum atomic E-state index is -3.93. The summed E-state index contributed by atoms with van der Waals surface area (Å²) < 4.78 is 59.8. The standard InChI is InChI=1S/C32H49O8P/c1-4-6-11-16-31(3)37-28-26(34-19-7-5-2)25-20-32(17-12-8-13-18-32)39-27(25)30(29(28)38-31)40-41(33)35-21-23-14-9-10-15-24(23)22-36-41/h9-10,14-15,25-30H,4-8,11-13,16-22H2,1-3H3/t25-,26+,27-,28-,29+,30+,31?/m0/s1. The average Bonchev–Trinajstić information content (AvgIpc) is 3.45. The molecule has 0 bridgehead atoms. The van der Waals surface area contributed by atoms with Crippen LogP contribution in [-0.4, -0.2) is 48.5 Å². The van der Waals surface area contributed by atoms with E-state index in [1.165, 1.54) is 6.42 Å². The molecule has 0 aromatic heterocycles. The molecular weight excluding hydrogens is 543 g/mol. The van der Waals surface area contributed by atoms with Gasteiger partial charge < -0.3 is 18.9 Å². The van der Waals surface area contributed by atoms with E-state index < -0.39 is 25.8 Å². The number of phosphoric ester groups is 1. The first kappa shape index (κ1) is 30.2. The molecule has 1 aromatic rings. The molecule has 1 spiro atoms. The van der Waals surface area contributed by atoms with Gasteiger partial charge in [0.2, 0.25) is 0 Å². The van der Waals surface area contributed by atoms with Crippen LogP contribution in [0, 0.1) is 5.92 Å². The molecule has 0 N–H and O–H groups in total. The third-order valence-electron chi connectivity index (χ3n) is 9.84. The minimum Gasteiger partial charge on any atom is -0.375 e. The first-order valence-corrected chi connectivity index (χ1v) is 17.6. The zero-order chi connectivity index (χ0) is 28.5. The molecule has 6 rings (SSSR count). The van der Waals surface area contributed by atoms with Crippen molar-refractivity contribution in [2.45, 2.75) is 153 Å². The predicted molar refractivity (Wildman–Crippen MR) is 154 cm³/mol. The average molecular weight is 593 g/mol. The second kappa shape index (κ2) is 12.6. The molecule has 7 atom stereocenters. The molecule has 4 fully saturated rings. The van der Waals surface area contributed by atoms with E-state index in [0.717, 1.165) is 81.8 Å². The highest BCUT2D eigenvalue weighted by molar-refractivity contribution is 7.48. The van der Waals surface area contributed by atoms with E-state index in [4.69, 9.17) is 32.5 Å². The van der Waals surface area contributed by atoms with E-state index in [-0.39, 0.29) is 43.0 Å². The van der Waals surface area contributed by atoms with Crippen molar-refractivity contribution in [3.05, 3.63) is 35.4 Å². The molecule has 0 amide bonds. The Balaban J connectivity index is 1.30. The zero-order valence-corrected chi connectivity index (χ0v) is 26.0. The summed E-state index contributed by atoms with van der Waals surface area (Å²) in [4.78, 5) is 0. The van der Waals surface area contributed by atoms with Crippen LogP contribution >= 0.6 is 7.82 Å². The van der Waals surface area contributed by atoms with Gasteiger partial charge in [0, 0.05) is 18.9 Å². The highest BCUT2D eigenvalue weighted by atomic mass is 31.2. The van der Waals surface area contributed by atoms with Gasteiger partial charge in [-0.3, -0.25) is 13.6 Å². The van der Waals surface area contributed by atoms with E-state index in [0.29, 0.717) is 6.61 Å². The third-order valence-corrected chi connectivity index (χ3v) is 11.2. The Labute approximate surface area is 245 Å². The van der Waals surface area contributed by atoms with Crippen molar-refractivity contribution < 1.29 is 37.1 Å². The van der Waals surface area contributed by atoms with Crippen molar-refractivity contribution in [3.63, 3.8) is 0 Å². The molecule has 2 aliphatic carbocycles. The van der Waals surface area contributed by atoms with Crippen LogP contribution in [0.15, 0.2) is 24.3 Å². The van der Waals surface area contributed by atoms with Crippen LogP contribution in [0.25, 0.3) is 0 Å². The number of rotatable bonds is 10. The number of phosphoric acid groups is 1. The van der Waals surface area contributed by atoms with E-state index in [1.54, 1.807) is 0 Å². The third kappa shape index (κ3) is 6.37. The summed E-state index contributed by atoms with van der Waals surface area (Å²) in [7, 11) is -3.93. The van der Waals surface area contributed by atoms with E-state index in [1.807, 2.05) is 31.2 Å². The predicted octanol–water partition coefficient (Wildman–Crippen LogP) is 7.61. The Hall–Kier alpha value is -0.830. The quantitative estimate of drug-likeness (QED) is 0.203. The molecule has 8 nitrogen and oxygen atoms in total. The summed E-state index contributed by atoms with van der Waals surface area (Å²) >= 11 is 0. The van der Waals surface area contributed by atoms with Crippen LogP contribution in [0.1, 0.15) is 109 Å². The first-order chi connectivity index (χ1) is 19.9. The molecule has 230 valence electrons. The number of fused-ring (bicyclic) bond motifs is 3. The van der Waals surface area contributed by atoms with Gasteiger partial charge in [-0.1, -0.05) is 76.6 Å². The highest BCUT2D eigenvalue weighted by Crippen LogP contribution is 2.60. The maximum atomic E-state index is 14.1. The van der Waals surface area contributed by atoms with Crippen molar-refractivity contribution in [1.82, 2.24) is 0 Å². The van der Waals surface area contributed by atoms with Gasteiger partial charge in [-0.05, 0) is 50.2 Å². The normalized spacial score (nSPS) is 37.3. The molecule has 0 radical (unpaired) electrons. The number of benzene rings is 1. The van der Waals surface area contributed by atoms with Crippen LogP contribution < -0.4 is 0 Å². The number of hydrogen-bond acceptors (Lipinski definition) is 8. The molecule has 1 unspecified atom stereocenters. The van der Waals surface area contributed by atoms with Crippen molar-refractivity contribution in [2.75, 3.05) is 6.61 Å². The second-order valence-electron chi connectivity index (χ2n) is 13.0. The molecule has 2 saturated carbocycles. The number of ether oxygens (including phenoxy) is 4. The largest absolute Gasteiger partial charge is 0.475 e. The van der Waals surface area contributed by atoms with Crippen molar-refractivity contribution in [3.8, 4) is 0 Å². The molecule has 2 saturated heterocycles. The van der Waals surface area contributed by atoms with Gasteiger partial charge >= 0.3 is 7.82 Å². The lowest BCUT2D eigenvalue weighted by Gasteiger charge is -2.44. The minimum absolute atomic E-state index is 0.0496. The molecule has 9 heteroatoms.